The van der Waals surface area contributed by atoms with Gasteiger partial charge >= 0.3 is 0 Å². The summed E-state index contributed by atoms with van der Waals surface area (Å²) in [5.74, 6) is 1.26. The number of aromatic nitrogens is 1. The van der Waals surface area contributed by atoms with Crippen LogP contribution in [0.5, 0.6) is 0 Å². The van der Waals surface area contributed by atoms with E-state index in [2.05, 4.69) is 40.1 Å². The van der Waals surface area contributed by atoms with Gasteiger partial charge in [-0.25, -0.2) is 4.98 Å². The first-order valence-electron chi connectivity index (χ1n) is 6.48. The molecule has 4 heteroatoms. The molecule has 0 aromatic carbocycles. The average Bonchev–Trinajstić information content (AvgIpc) is 2.33. The molecule has 18 heavy (non-hydrogen) atoms. The minimum absolute atomic E-state index is 0.0612. The van der Waals surface area contributed by atoms with Crippen LogP contribution in [0.25, 0.3) is 0 Å². The highest BCUT2D eigenvalue weighted by molar-refractivity contribution is 9.10. The van der Waals surface area contributed by atoms with E-state index >= 15 is 0 Å². The number of hydrogen-bond acceptors (Lipinski definition) is 2. The number of nitrogens with one attached hydrogen (secondary N) is 1. The largest absolute Gasteiger partial charge is 0.348 e. The maximum atomic E-state index is 12.1. The Morgan fingerprint density at radius 2 is 2.17 bits per heavy atom. The molecule has 1 aromatic rings. The van der Waals surface area contributed by atoms with E-state index < -0.39 is 0 Å². The van der Waals surface area contributed by atoms with Crippen LogP contribution < -0.4 is 5.32 Å². The third kappa shape index (κ3) is 3.31. The number of pyridine rings is 1. The molecule has 1 N–H and O–H groups in total. The summed E-state index contributed by atoms with van der Waals surface area (Å²) in [6, 6.07) is 3.88. The molecule has 0 radical (unpaired) electrons. The molecule has 3 atom stereocenters. The van der Waals surface area contributed by atoms with Crippen LogP contribution in [0.3, 0.4) is 0 Å². The first kappa shape index (κ1) is 13.5. The van der Waals surface area contributed by atoms with Crippen molar-refractivity contribution in [2.45, 2.75) is 39.2 Å². The second-order valence-electron chi connectivity index (χ2n) is 5.34. The van der Waals surface area contributed by atoms with E-state index in [9.17, 15) is 4.79 Å². The second-order valence-corrected chi connectivity index (χ2v) is 6.25. The van der Waals surface area contributed by atoms with Crippen molar-refractivity contribution in [1.82, 2.24) is 10.3 Å². The number of carbonyl (C=O) groups excluding carboxylic acids is 1. The van der Waals surface area contributed by atoms with Crippen LogP contribution in [0.15, 0.2) is 22.8 Å². The van der Waals surface area contributed by atoms with Gasteiger partial charge < -0.3 is 5.32 Å². The minimum Gasteiger partial charge on any atom is -0.348 e. The van der Waals surface area contributed by atoms with Gasteiger partial charge in [-0.1, -0.05) is 13.8 Å². The summed E-state index contributed by atoms with van der Waals surface area (Å²) < 4.78 is 0.888. The first-order chi connectivity index (χ1) is 8.56. The normalized spacial score (nSPS) is 27.8. The molecule has 0 spiro atoms. The monoisotopic (exact) mass is 310 g/mol. The van der Waals surface area contributed by atoms with Crippen molar-refractivity contribution in [2.24, 2.45) is 11.8 Å². The molecule has 1 aliphatic carbocycles. The molecule has 1 fully saturated rings. The molecule has 3 nitrogen and oxygen atoms in total. The van der Waals surface area contributed by atoms with Crippen molar-refractivity contribution in [1.29, 1.82) is 0 Å². The molecule has 1 aromatic heterocycles. The SMILES string of the molecule is CC1CCC(NC(=O)c2ccc(Br)cn2)C(C)C1. The lowest BCUT2D eigenvalue weighted by Crippen LogP contribution is -2.42. The van der Waals surface area contributed by atoms with Crippen LogP contribution >= 0.6 is 15.9 Å². The Kier molecular flexibility index (Phi) is 4.38. The molecule has 0 aliphatic heterocycles. The first-order valence-corrected chi connectivity index (χ1v) is 7.28. The van der Waals surface area contributed by atoms with Crippen molar-refractivity contribution in [2.75, 3.05) is 0 Å². The van der Waals surface area contributed by atoms with Gasteiger partial charge in [-0.2, -0.15) is 0 Å². The van der Waals surface area contributed by atoms with Crippen molar-refractivity contribution in [3.63, 3.8) is 0 Å². The van der Waals surface area contributed by atoms with Crippen LogP contribution in [0.1, 0.15) is 43.6 Å². The number of rotatable bonds is 2. The third-order valence-corrected chi connectivity index (χ3v) is 4.18. The van der Waals surface area contributed by atoms with E-state index in [1.54, 1.807) is 12.3 Å². The lowest BCUT2D eigenvalue weighted by Gasteiger charge is -2.33. The standard InChI is InChI=1S/C14H19BrN2O/c1-9-3-5-12(10(2)7-9)17-14(18)13-6-4-11(15)8-16-13/h4,6,8-10,12H,3,5,7H2,1-2H3,(H,17,18). The number of hydrogen-bond donors (Lipinski definition) is 1. The van der Waals surface area contributed by atoms with Gasteiger partial charge in [-0.3, -0.25) is 4.79 Å². The summed E-state index contributed by atoms with van der Waals surface area (Å²) in [7, 11) is 0. The van der Waals surface area contributed by atoms with Crippen molar-refractivity contribution < 1.29 is 4.79 Å². The van der Waals surface area contributed by atoms with Gasteiger partial charge in [0.1, 0.15) is 5.69 Å². The number of nitrogens with zero attached hydrogens (tertiary/aromatic N) is 1. The highest BCUT2D eigenvalue weighted by atomic mass is 79.9. The molecule has 0 bridgehead atoms. The maximum Gasteiger partial charge on any atom is 0.270 e. The molecular weight excluding hydrogens is 292 g/mol. The van der Waals surface area contributed by atoms with E-state index in [0.717, 1.165) is 16.8 Å². The Morgan fingerprint density at radius 1 is 1.39 bits per heavy atom. The fourth-order valence-corrected chi connectivity index (χ4v) is 2.87. The van der Waals surface area contributed by atoms with Gasteiger partial charge in [0.2, 0.25) is 0 Å². The fraction of sp³-hybridized carbons (Fsp3) is 0.571. The highest BCUT2D eigenvalue weighted by Gasteiger charge is 2.26. The molecular formula is C14H19BrN2O. The summed E-state index contributed by atoms with van der Waals surface area (Å²) in [6.45, 7) is 4.50. The summed E-state index contributed by atoms with van der Waals surface area (Å²) in [5, 5.41) is 3.11. The zero-order valence-corrected chi connectivity index (χ0v) is 12.4. The molecule has 1 aliphatic rings. The minimum atomic E-state index is -0.0612. The number of halogens is 1. The summed E-state index contributed by atoms with van der Waals surface area (Å²) in [5.41, 5.74) is 0.490. The highest BCUT2D eigenvalue weighted by Crippen LogP contribution is 2.28. The van der Waals surface area contributed by atoms with E-state index in [-0.39, 0.29) is 5.91 Å². The molecule has 1 amide bonds. The van der Waals surface area contributed by atoms with Crippen LogP contribution in [0.4, 0.5) is 0 Å². The van der Waals surface area contributed by atoms with Gasteiger partial charge in [-0.15, -0.1) is 0 Å². The zero-order valence-electron chi connectivity index (χ0n) is 10.8. The summed E-state index contributed by atoms with van der Waals surface area (Å²) in [6.07, 6.45) is 5.12. The van der Waals surface area contributed by atoms with Crippen LogP contribution in [-0.4, -0.2) is 16.9 Å². The van der Waals surface area contributed by atoms with Gasteiger partial charge in [0.15, 0.2) is 0 Å². The molecule has 98 valence electrons. The molecule has 1 heterocycles. The van der Waals surface area contributed by atoms with Crippen LogP contribution in [-0.2, 0) is 0 Å². The second kappa shape index (κ2) is 5.83. The fourth-order valence-electron chi connectivity index (χ4n) is 2.63. The Labute approximate surface area is 117 Å². The Morgan fingerprint density at radius 3 is 2.78 bits per heavy atom. The molecule has 3 unspecified atom stereocenters. The van der Waals surface area contributed by atoms with Crippen molar-refractivity contribution >= 4 is 21.8 Å². The lowest BCUT2D eigenvalue weighted by molar-refractivity contribution is 0.0894. The summed E-state index contributed by atoms with van der Waals surface area (Å²) in [4.78, 5) is 16.2. The third-order valence-electron chi connectivity index (χ3n) is 3.71. The van der Waals surface area contributed by atoms with Gasteiger partial charge in [-0.05, 0) is 59.2 Å². The predicted molar refractivity (Wildman–Crippen MR) is 75.4 cm³/mol. The van der Waals surface area contributed by atoms with Gasteiger partial charge in [0, 0.05) is 16.7 Å². The van der Waals surface area contributed by atoms with E-state index in [1.807, 2.05) is 6.07 Å². The number of amides is 1. The van der Waals surface area contributed by atoms with Crippen molar-refractivity contribution in [3.05, 3.63) is 28.5 Å². The topological polar surface area (TPSA) is 42.0 Å². The number of carbonyl (C=O) groups is 1. The Hall–Kier alpha value is -0.900. The quantitative estimate of drug-likeness (QED) is 0.909. The van der Waals surface area contributed by atoms with E-state index in [4.69, 9.17) is 0 Å². The maximum absolute atomic E-state index is 12.1. The van der Waals surface area contributed by atoms with Gasteiger partial charge in [0.05, 0.1) is 0 Å². The average molecular weight is 311 g/mol. The Bertz CT molecular complexity index is 418. The lowest BCUT2D eigenvalue weighted by atomic mass is 9.80. The molecule has 0 saturated heterocycles. The molecule has 2 rings (SSSR count). The van der Waals surface area contributed by atoms with Gasteiger partial charge in [0.25, 0.3) is 5.91 Å². The zero-order chi connectivity index (χ0) is 13.1. The predicted octanol–water partition coefficient (Wildman–Crippen LogP) is 3.40. The van der Waals surface area contributed by atoms with Crippen LogP contribution in [0, 0.1) is 11.8 Å². The molecule has 1 saturated carbocycles. The Balaban J connectivity index is 1.97. The smallest absolute Gasteiger partial charge is 0.270 e. The van der Waals surface area contributed by atoms with Crippen molar-refractivity contribution in [3.8, 4) is 0 Å². The summed E-state index contributed by atoms with van der Waals surface area (Å²) >= 11 is 3.32. The van der Waals surface area contributed by atoms with E-state index in [0.29, 0.717) is 17.7 Å². The van der Waals surface area contributed by atoms with E-state index in [1.165, 1.54) is 12.8 Å². The van der Waals surface area contributed by atoms with Crippen LogP contribution in [0.2, 0.25) is 0 Å².